The van der Waals surface area contributed by atoms with E-state index in [9.17, 15) is 0 Å². The first-order chi connectivity index (χ1) is 9.54. The second-order valence-electron chi connectivity index (χ2n) is 4.64. The number of hydrogen-bond acceptors (Lipinski definition) is 4. The minimum Gasteiger partial charge on any atom is -0.496 e. The molecule has 5 heteroatoms. The van der Waals surface area contributed by atoms with Crippen LogP contribution in [0.2, 0.25) is 0 Å². The Morgan fingerprint density at radius 2 is 2.05 bits per heavy atom. The van der Waals surface area contributed by atoms with Crippen LogP contribution in [-0.4, -0.2) is 19.1 Å². The Morgan fingerprint density at radius 1 is 1.35 bits per heavy atom. The van der Waals surface area contributed by atoms with Crippen LogP contribution in [0.15, 0.2) is 34.9 Å². The van der Waals surface area contributed by atoms with E-state index in [0.717, 1.165) is 27.2 Å². The number of benzene rings is 1. The summed E-state index contributed by atoms with van der Waals surface area (Å²) >= 11 is 3.57. The number of ether oxygens (including phenoxy) is 1. The molecular formula is C15H18BrN3O. The summed E-state index contributed by atoms with van der Waals surface area (Å²) in [7, 11) is 3.68. The number of rotatable bonds is 4. The maximum atomic E-state index is 5.86. The summed E-state index contributed by atoms with van der Waals surface area (Å²) in [5.74, 6) is 1.74. The van der Waals surface area contributed by atoms with Gasteiger partial charge in [0, 0.05) is 19.2 Å². The lowest BCUT2D eigenvalue weighted by Crippen LogP contribution is -2.19. The topological polar surface area (TPSA) is 51.4 Å². The van der Waals surface area contributed by atoms with Crippen molar-refractivity contribution in [2.24, 2.45) is 0 Å². The van der Waals surface area contributed by atoms with Crippen molar-refractivity contribution in [1.29, 1.82) is 0 Å². The van der Waals surface area contributed by atoms with Gasteiger partial charge in [-0.05, 0) is 34.5 Å². The van der Waals surface area contributed by atoms with Gasteiger partial charge in [0.15, 0.2) is 0 Å². The molecule has 0 saturated heterocycles. The molecule has 0 bridgehead atoms. The van der Waals surface area contributed by atoms with Crippen LogP contribution >= 0.6 is 15.9 Å². The zero-order valence-corrected chi connectivity index (χ0v) is 13.4. The van der Waals surface area contributed by atoms with E-state index in [1.54, 1.807) is 13.3 Å². The molecule has 1 aromatic carbocycles. The molecule has 0 radical (unpaired) electrons. The van der Waals surface area contributed by atoms with Gasteiger partial charge in [-0.1, -0.05) is 18.2 Å². The monoisotopic (exact) mass is 335 g/mol. The van der Waals surface area contributed by atoms with Gasteiger partial charge in [0.2, 0.25) is 0 Å². The van der Waals surface area contributed by atoms with Crippen LogP contribution < -0.4 is 15.4 Å². The summed E-state index contributed by atoms with van der Waals surface area (Å²) in [5.41, 5.74) is 8.66. The molecule has 0 aliphatic heterocycles. The number of aromatic nitrogens is 1. The number of nitrogen functional groups attached to an aromatic ring is 1. The summed E-state index contributed by atoms with van der Waals surface area (Å²) in [5, 5.41) is 0. The Balaban J connectivity index is 2.29. The molecule has 4 nitrogen and oxygen atoms in total. The third-order valence-corrected chi connectivity index (χ3v) is 4.20. The molecule has 106 valence electrons. The van der Waals surface area contributed by atoms with Gasteiger partial charge in [-0.25, -0.2) is 4.98 Å². The fourth-order valence-electron chi connectivity index (χ4n) is 2.01. The van der Waals surface area contributed by atoms with E-state index < -0.39 is 0 Å². The first-order valence-corrected chi connectivity index (χ1v) is 7.07. The Bertz CT molecular complexity index is 616. The van der Waals surface area contributed by atoms with Crippen molar-refractivity contribution in [3.05, 3.63) is 46.1 Å². The van der Waals surface area contributed by atoms with Crippen LogP contribution in [0, 0.1) is 6.92 Å². The van der Waals surface area contributed by atoms with Gasteiger partial charge in [0.1, 0.15) is 11.6 Å². The number of para-hydroxylation sites is 1. The molecule has 0 atom stereocenters. The van der Waals surface area contributed by atoms with Gasteiger partial charge in [0.25, 0.3) is 0 Å². The second-order valence-corrected chi connectivity index (χ2v) is 5.44. The molecule has 1 heterocycles. The number of hydrogen-bond donors (Lipinski definition) is 1. The molecule has 2 aromatic rings. The molecule has 0 spiro atoms. The zero-order valence-electron chi connectivity index (χ0n) is 11.9. The van der Waals surface area contributed by atoms with Gasteiger partial charge < -0.3 is 15.4 Å². The van der Waals surface area contributed by atoms with Gasteiger partial charge >= 0.3 is 0 Å². The summed E-state index contributed by atoms with van der Waals surface area (Å²) in [6.45, 7) is 2.68. The van der Waals surface area contributed by atoms with Crippen LogP contribution in [0.5, 0.6) is 5.75 Å². The van der Waals surface area contributed by atoms with Crippen LogP contribution in [-0.2, 0) is 6.54 Å². The molecular weight excluding hydrogens is 318 g/mol. The van der Waals surface area contributed by atoms with Crippen molar-refractivity contribution >= 4 is 27.4 Å². The fraction of sp³-hybridized carbons (Fsp3) is 0.267. The van der Waals surface area contributed by atoms with Crippen molar-refractivity contribution in [1.82, 2.24) is 4.98 Å². The Hall–Kier alpha value is -1.75. The number of methoxy groups -OCH3 is 1. The minimum atomic E-state index is 0.686. The third-order valence-electron chi connectivity index (χ3n) is 3.25. The number of nitrogens with zero attached hydrogens (tertiary/aromatic N) is 2. The first kappa shape index (κ1) is 14.7. The van der Waals surface area contributed by atoms with E-state index >= 15 is 0 Å². The van der Waals surface area contributed by atoms with E-state index in [-0.39, 0.29) is 0 Å². The van der Waals surface area contributed by atoms with E-state index in [0.29, 0.717) is 12.2 Å². The van der Waals surface area contributed by atoms with E-state index in [1.165, 1.54) is 0 Å². The first-order valence-electron chi connectivity index (χ1n) is 6.28. The maximum Gasteiger partial charge on any atom is 0.143 e. The molecule has 0 aliphatic carbocycles. The average Bonchev–Trinajstić information content (AvgIpc) is 2.45. The standard InChI is InChI=1S/C15H18BrN3O/c1-10-12(17)8-18-15(14(10)16)19(2)9-11-6-4-5-7-13(11)20-3/h4-8H,9,17H2,1-3H3. The van der Waals surface area contributed by atoms with Crippen molar-refractivity contribution in [2.45, 2.75) is 13.5 Å². The molecule has 0 saturated carbocycles. The van der Waals surface area contributed by atoms with Crippen LogP contribution in [0.3, 0.4) is 0 Å². The highest BCUT2D eigenvalue weighted by molar-refractivity contribution is 9.10. The number of nitrogens with two attached hydrogens (primary N) is 1. The maximum absolute atomic E-state index is 5.86. The average molecular weight is 336 g/mol. The molecule has 1 aromatic heterocycles. The number of halogens is 1. The molecule has 0 fully saturated rings. The molecule has 20 heavy (non-hydrogen) atoms. The predicted octanol–water partition coefficient (Wildman–Crippen LogP) is 3.38. The molecule has 0 aliphatic rings. The smallest absolute Gasteiger partial charge is 0.143 e. The van der Waals surface area contributed by atoms with Gasteiger partial charge in [-0.15, -0.1) is 0 Å². The van der Waals surface area contributed by atoms with Crippen molar-refractivity contribution in [2.75, 3.05) is 24.8 Å². The Labute approximate surface area is 127 Å². The van der Waals surface area contributed by atoms with E-state index in [1.807, 2.05) is 38.2 Å². The predicted molar refractivity (Wildman–Crippen MR) is 86.2 cm³/mol. The van der Waals surface area contributed by atoms with Crippen molar-refractivity contribution in [3.8, 4) is 5.75 Å². The summed E-state index contributed by atoms with van der Waals surface area (Å²) in [4.78, 5) is 6.47. The van der Waals surface area contributed by atoms with Gasteiger partial charge in [-0.3, -0.25) is 0 Å². The van der Waals surface area contributed by atoms with Gasteiger partial charge in [0.05, 0.1) is 23.5 Å². The van der Waals surface area contributed by atoms with Crippen LogP contribution in [0.25, 0.3) is 0 Å². The molecule has 2 rings (SSSR count). The normalized spacial score (nSPS) is 10.4. The van der Waals surface area contributed by atoms with E-state index in [2.05, 4.69) is 25.8 Å². The molecule has 2 N–H and O–H groups in total. The zero-order chi connectivity index (χ0) is 14.7. The lowest BCUT2D eigenvalue weighted by Gasteiger charge is -2.22. The molecule has 0 unspecified atom stereocenters. The lowest BCUT2D eigenvalue weighted by atomic mass is 10.2. The van der Waals surface area contributed by atoms with Crippen molar-refractivity contribution < 1.29 is 4.74 Å². The fourth-order valence-corrected chi connectivity index (χ4v) is 2.64. The summed E-state index contributed by atoms with van der Waals surface area (Å²) in [6, 6.07) is 7.97. The van der Waals surface area contributed by atoms with Gasteiger partial charge in [-0.2, -0.15) is 0 Å². The number of pyridine rings is 1. The SMILES string of the molecule is COc1ccccc1CN(C)c1ncc(N)c(C)c1Br. The highest BCUT2D eigenvalue weighted by Crippen LogP contribution is 2.31. The summed E-state index contributed by atoms with van der Waals surface area (Å²) < 4.78 is 6.30. The van der Waals surface area contributed by atoms with Crippen molar-refractivity contribution in [3.63, 3.8) is 0 Å². The highest BCUT2D eigenvalue weighted by atomic mass is 79.9. The van der Waals surface area contributed by atoms with Crippen LogP contribution in [0.1, 0.15) is 11.1 Å². The Kier molecular flexibility index (Phi) is 4.49. The highest BCUT2D eigenvalue weighted by Gasteiger charge is 2.13. The Morgan fingerprint density at radius 3 is 2.75 bits per heavy atom. The van der Waals surface area contributed by atoms with E-state index in [4.69, 9.17) is 10.5 Å². The number of anilines is 2. The molecule has 0 amide bonds. The second kappa shape index (κ2) is 6.13. The summed E-state index contributed by atoms with van der Waals surface area (Å²) in [6.07, 6.45) is 1.69. The largest absolute Gasteiger partial charge is 0.496 e. The quantitative estimate of drug-likeness (QED) is 0.930. The van der Waals surface area contributed by atoms with Crippen LogP contribution in [0.4, 0.5) is 11.5 Å². The minimum absolute atomic E-state index is 0.686. The third kappa shape index (κ3) is 2.88. The lowest BCUT2D eigenvalue weighted by molar-refractivity contribution is 0.409.